The summed E-state index contributed by atoms with van der Waals surface area (Å²) >= 11 is 0. The second kappa shape index (κ2) is 6.27. The monoisotopic (exact) mass is 303 g/mol. The molecule has 2 aromatic rings. The number of hydrogen-bond donors (Lipinski definition) is 1. The molecule has 0 bridgehead atoms. The molecule has 2 aromatic heterocycles. The molecule has 1 aliphatic heterocycles. The molecular weight excluding hydrogens is 282 g/mol. The van der Waals surface area contributed by atoms with Crippen molar-refractivity contribution in [3.05, 3.63) is 24.9 Å². The molecule has 1 saturated heterocycles. The van der Waals surface area contributed by atoms with Crippen LogP contribution in [-0.2, 0) is 4.79 Å². The summed E-state index contributed by atoms with van der Waals surface area (Å²) < 4.78 is 3.46. The quantitative estimate of drug-likeness (QED) is 0.909. The molecule has 0 aromatic carbocycles. The third kappa shape index (κ3) is 3.01. The minimum absolute atomic E-state index is 0.125. The third-order valence-electron chi connectivity index (χ3n) is 4.17. The van der Waals surface area contributed by atoms with Crippen LogP contribution in [-0.4, -0.2) is 55.5 Å². The maximum absolute atomic E-state index is 12.3. The van der Waals surface area contributed by atoms with Gasteiger partial charge in [-0.05, 0) is 39.9 Å². The summed E-state index contributed by atoms with van der Waals surface area (Å²) in [6, 6.07) is 1.76. The van der Waals surface area contributed by atoms with E-state index in [9.17, 15) is 4.79 Å². The summed E-state index contributed by atoms with van der Waals surface area (Å²) in [6.45, 7) is 3.89. The highest BCUT2D eigenvalue weighted by atomic mass is 16.2. The van der Waals surface area contributed by atoms with Crippen LogP contribution >= 0.6 is 0 Å². The van der Waals surface area contributed by atoms with Gasteiger partial charge in [0.2, 0.25) is 5.91 Å². The number of rotatable bonds is 4. The average Bonchev–Trinajstić information content (AvgIpc) is 3.18. The molecule has 0 spiro atoms. The van der Waals surface area contributed by atoms with E-state index in [0.29, 0.717) is 6.04 Å². The first-order valence-electron chi connectivity index (χ1n) is 7.52. The predicted molar refractivity (Wildman–Crippen MR) is 81.4 cm³/mol. The molecule has 0 radical (unpaired) electrons. The molecule has 8 nitrogen and oxygen atoms in total. The van der Waals surface area contributed by atoms with Gasteiger partial charge in [0.15, 0.2) is 0 Å². The van der Waals surface area contributed by atoms with Crippen LogP contribution in [0.2, 0.25) is 0 Å². The van der Waals surface area contributed by atoms with Crippen LogP contribution in [0.5, 0.6) is 0 Å². The van der Waals surface area contributed by atoms with Gasteiger partial charge in [0.1, 0.15) is 24.5 Å². The zero-order valence-electron chi connectivity index (χ0n) is 12.9. The standard InChI is InChI=1S/C14H21N7O/c1-11(20-10-15-9-17-20)14(22)18-13-3-6-16-21(13)12-4-7-19(2)8-5-12/h3,6,9-12H,4-5,7-8H2,1-2H3,(H,18,22). The van der Waals surface area contributed by atoms with E-state index in [1.807, 2.05) is 10.7 Å². The Morgan fingerprint density at radius 3 is 2.82 bits per heavy atom. The Labute approximate surface area is 129 Å². The van der Waals surface area contributed by atoms with E-state index in [4.69, 9.17) is 0 Å². The molecule has 1 aliphatic rings. The lowest BCUT2D eigenvalue weighted by atomic mass is 10.1. The summed E-state index contributed by atoms with van der Waals surface area (Å²) in [5.41, 5.74) is 0. The lowest BCUT2D eigenvalue weighted by Gasteiger charge is -2.30. The van der Waals surface area contributed by atoms with Crippen LogP contribution in [0.3, 0.4) is 0 Å². The van der Waals surface area contributed by atoms with E-state index in [0.717, 1.165) is 31.7 Å². The smallest absolute Gasteiger partial charge is 0.250 e. The van der Waals surface area contributed by atoms with Crippen LogP contribution in [0.25, 0.3) is 0 Å². The number of piperidine rings is 1. The second-order valence-corrected chi connectivity index (χ2v) is 5.74. The van der Waals surface area contributed by atoms with Crippen molar-refractivity contribution in [3.63, 3.8) is 0 Å². The number of hydrogen-bond acceptors (Lipinski definition) is 5. The highest BCUT2D eigenvalue weighted by Crippen LogP contribution is 2.25. The van der Waals surface area contributed by atoms with E-state index in [2.05, 4.69) is 32.4 Å². The van der Waals surface area contributed by atoms with E-state index >= 15 is 0 Å². The highest BCUT2D eigenvalue weighted by molar-refractivity contribution is 5.92. The molecule has 0 saturated carbocycles. The van der Waals surface area contributed by atoms with Crippen LogP contribution in [0, 0.1) is 0 Å². The van der Waals surface area contributed by atoms with Gasteiger partial charge >= 0.3 is 0 Å². The van der Waals surface area contributed by atoms with Crippen molar-refractivity contribution in [1.29, 1.82) is 0 Å². The number of carbonyl (C=O) groups is 1. The number of carbonyl (C=O) groups excluding carboxylic acids is 1. The minimum Gasteiger partial charge on any atom is -0.309 e. The van der Waals surface area contributed by atoms with Crippen LogP contribution in [0.1, 0.15) is 31.8 Å². The molecule has 8 heteroatoms. The van der Waals surface area contributed by atoms with E-state index in [-0.39, 0.29) is 5.91 Å². The number of nitrogens with zero attached hydrogens (tertiary/aromatic N) is 6. The Balaban J connectivity index is 1.68. The first kappa shape index (κ1) is 14.7. The van der Waals surface area contributed by atoms with Crippen LogP contribution in [0.4, 0.5) is 5.82 Å². The second-order valence-electron chi connectivity index (χ2n) is 5.74. The lowest BCUT2D eigenvalue weighted by molar-refractivity contribution is -0.119. The molecule has 3 rings (SSSR count). The number of nitrogens with one attached hydrogen (secondary N) is 1. The summed E-state index contributed by atoms with van der Waals surface area (Å²) in [4.78, 5) is 18.5. The Bertz CT molecular complexity index is 613. The van der Waals surface area contributed by atoms with Gasteiger partial charge < -0.3 is 10.2 Å². The predicted octanol–water partition coefficient (Wildman–Crippen LogP) is 0.941. The van der Waals surface area contributed by atoms with Crippen molar-refractivity contribution < 1.29 is 4.79 Å². The number of aromatic nitrogens is 5. The molecule has 1 unspecified atom stereocenters. The fraction of sp³-hybridized carbons (Fsp3) is 0.571. The first-order chi connectivity index (χ1) is 10.6. The molecule has 1 fully saturated rings. The SMILES string of the molecule is CC(C(=O)Nc1ccnn1C1CCN(C)CC1)n1cncn1. The molecule has 1 atom stereocenters. The first-order valence-corrected chi connectivity index (χ1v) is 7.52. The largest absolute Gasteiger partial charge is 0.309 e. The number of anilines is 1. The van der Waals surface area contributed by atoms with Crippen molar-refractivity contribution >= 4 is 11.7 Å². The van der Waals surface area contributed by atoms with Crippen molar-refractivity contribution in [1.82, 2.24) is 29.4 Å². The molecule has 1 amide bonds. The maximum Gasteiger partial charge on any atom is 0.250 e. The Hall–Kier alpha value is -2.22. The maximum atomic E-state index is 12.3. The minimum atomic E-state index is -0.414. The summed E-state index contributed by atoms with van der Waals surface area (Å²) in [6.07, 6.45) is 6.78. The summed E-state index contributed by atoms with van der Waals surface area (Å²) in [5, 5.41) is 11.3. The molecular formula is C14H21N7O. The Morgan fingerprint density at radius 1 is 1.36 bits per heavy atom. The number of amides is 1. The lowest BCUT2D eigenvalue weighted by Crippen LogP contribution is -2.33. The number of likely N-dealkylation sites (tertiary alicyclic amines) is 1. The van der Waals surface area contributed by atoms with Crippen LogP contribution in [0.15, 0.2) is 24.9 Å². The van der Waals surface area contributed by atoms with Gasteiger partial charge in [-0.2, -0.15) is 10.2 Å². The van der Waals surface area contributed by atoms with Gasteiger partial charge in [-0.25, -0.2) is 14.3 Å². The molecule has 3 heterocycles. The van der Waals surface area contributed by atoms with E-state index in [1.165, 1.54) is 11.0 Å². The van der Waals surface area contributed by atoms with E-state index in [1.54, 1.807) is 19.4 Å². The Morgan fingerprint density at radius 2 is 2.14 bits per heavy atom. The van der Waals surface area contributed by atoms with Gasteiger partial charge in [0.25, 0.3) is 0 Å². The zero-order chi connectivity index (χ0) is 15.5. The van der Waals surface area contributed by atoms with E-state index < -0.39 is 6.04 Å². The molecule has 22 heavy (non-hydrogen) atoms. The third-order valence-corrected chi connectivity index (χ3v) is 4.17. The van der Waals surface area contributed by atoms with Gasteiger partial charge in [0, 0.05) is 6.07 Å². The molecule has 118 valence electrons. The zero-order valence-corrected chi connectivity index (χ0v) is 12.9. The van der Waals surface area contributed by atoms with Crippen LogP contribution < -0.4 is 5.32 Å². The Kier molecular flexibility index (Phi) is 4.19. The van der Waals surface area contributed by atoms with Crippen molar-refractivity contribution in [3.8, 4) is 0 Å². The fourth-order valence-electron chi connectivity index (χ4n) is 2.71. The van der Waals surface area contributed by atoms with Gasteiger partial charge in [-0.1, -0.05) is 0 Å². The van der Waals surface area contributed by atoms with Crippen molar-refractivity contribution in [2.75, 3.05) is 25.5 Å². The van der Waals surface area contributed by atoms with Gasteiger partial charge in [-0.3, -0.25) is 4.79 Å². The average molecular weight is 303 g/mol. The summed E-state index contributed by atoms with van der Waals surface area (Å²) in [5.74, 6) is 0.617. The van der Waals surface area contributed by atoms with Gasteiger partial charge in [-0.15, -0.1) is 0 Å². The fourth-order valence-corrected chi connectivity index (χ4v) is 2.71. The highest BCUT2D eigenvalue weighted by Gasteiger charge is 2.23. The topological polar surface area (TPSA) is 80.9 Å². The summed E-state index contributed by atoms with van der Waals surface area (Å²) in [7, 11) is 2.13. The normalized spacial score (nSPS) is 18.3. The molecule has 1 N–H and O–H groups in total. The van der Waals surface area contributed by atoms with Crippen molar-refractivity contribution in [2.24, 2.45) is 0 Å². The molecule has 0 aliphatic carbocycles. The van der Waals surface area contributed by atoms with Crippen molar-refractivity contribution in [2.45, 2.75) is 31.8 Å². The van der Waals surface area contributed by atoms with Gasteiger partial charge in [0.05, 0.1) is 12.2 Å².